The predicted molar refractivity (Wildman–Crippen MR) is 105 cm³/mol. The molecule has 0 radical (unpaired) electrons. The number of hydrogen-bond acceptors (Lipinski definition) is 5. The lowest BCUT2D eigenvalue weighted by atomic mass is 10.2. The van der Waals surface area contributed by atoms with Crippen LogP contribution in [-0.4, -0.2) is 25.0 Å². The van der Waals surface area contributed by atoms with Crippen molar-refractivity contribution in [2.24, 2.45) is 0 Å². The molecule has 2 aromatic carbocycles. The van der Waals surface area contributed by atoms with Gasteiger partial charge in [-0.3, -0.25) is 4.79 Å². The average molecular weight is 386 g/mol. The first-order valence-electron chi connectivity index (χ1n) is 8.54. The SMILES string of the molecule is CCCCOC(=O)c1ccc(NCC(=O)Nc2cc(Cl)ccc2C#N)cc1. The second-order valence-electron chi connectivity index (χ2n) is 5.77. The third-order valence-electron chi connectivity index (χ3n) is 3.68. The largest absolute Gasteiger partial charge is 0.462 e. The number of nitrogens with zero attached hydrogens (tertiary/aromatic N) is 1. The molecule has 0 heterocycles. The first kappa shape index (κ1) is 20.3. The highest BCUT2D eigenvalue weighted by atomic mass is 35.5. The molecule has 0 unspecified atom stereocenters. The van der Waals surface area contributed by atoms with Gasteiger partial charge in [-0.1, -0.05) is 24.9 Å². The van der Waals surface area contributed by atoms with Crippen molar-refractivity contribution >= 4 is 34.9 Å². The lowest BCUT2D eigenvalue weighted by Crippen LogP contribution is -2.22. The van der Waals surface area contributed by atoms with Crippen molar-refractivity contribution in [1.82, 2.24) is 0 Å². The van der Waals surface area contributed by atoms with Crippen LogP contribution in [0.15, 0.2) is 42.5 Å². The number of nitrogens with one attached hydrogen (secondary N) is 2. The topological polar surface area (TPSA) is 91.2 Å². The molecule has 0 saturated heterocycles. The number of benzene rings is 2. The molecule has 0 aliphatic rings. The van der Waals surface area contributed by atoms with Gasteiger partial charge in [-0.15, -0.1) is 0 Å². The molecule has 0 bridgehead atoms. The van der Waals surface area contributed by atoms with Gasteiger partial charge in [0.25, 0.3) is 0 Å². The Kier molecular flexibility index (Phi) is 7.65. The monoisotopic (exact) mass is 385 g/mol. The third-order valence-corrected chi connectivity index (χ3v) is 3.92. The van der Waals surface area contributed by atoms with Crippen LogP contribution in [0, 0.1) is 11.3 Å². The van der Waals surface area contributed by atoms with E-state index in [1.807, 2.05) is 13.0 Å². The Balaban J connectivity index is 1.88. The number of unbranched alkanes of at least 4 members (excludes halogenated alkanes) is 1. The lowest BCUT2D eigenvalue weighted by molar-refractivity contribution is -0.114. The fourth-order valence-corrected chi connectivity index (χ4v) is 2.38. The number of amides is 1. The van der Waals surface area contributed by atoms with Gasteiger partial charge in [-0.2, -0.15) is 5.26 Å². The van der Waals surface area contributed by atoms with Crippen LogP contribution in [0.4, 0.5) is 11.4 Å². The molecule has 0 aromatic heterocycles. The Morgan fingerprint density at radius 2 is 1.93 bits per heavy atom. The van der Waals surface area contributed by atoms with Crippen molar-refractivity contribution in [3.8, 4) is 6.07 Å². The second-order valence-corrected chi connectivity index (χ2v) is 6.21. The number of carbonyl (C=O) groups is 2. The molecule has 6 nitrogen and oxygen atoms in total. The third kappa shape index (κ3) is 6.32. The summed E-state index contributed by atoms with van der Waals surface area (Å²) in [5.41, 5.74) is 1.83. The van der Waals surface area contributed by atoms with Crippen LogP contribution in [-0.2, 0) is 9.53 Å². The van der Waals surface area contributed by atoms with E-state index in [9.17, 15) is 9.59 Å². The summed E-state index contributed by atoms with van der Waals surface area (Å²) in [6.45, 7) is 2.43. The van der Waals surface area contributed by atoms with Gasteiger partial charge < -0.3 is 15.4 Å². The maximum atomic E-state index is 12.1. The zero-order chi connectivity index (χ0) is 19.6. The number of rotatable bonds is 8. The van der Waals surface area contributed by atoms with Crippen LogP contribution in [0.5, 0.6) is 0 Å². The van der Waals surface area contributed by atoms with E-state index in [4.69, 9.17) is 21.6 Å². The fraction of sp³-hybridized carbons (Fsp3) is 0.250. The van der Waals surface area contributed by atoms with Gasteiger partial charge in [-0.05, 0) is 48.9 Å². The van der Waals surface area contributed by atoms with E-state index in [0.29, 0.717) is 34.1 Å². The molecule has 140 valence electrons. The summed E-state index contributed by atoms with van der Waals surface area (Å²) in [4.78, 5) is 23.9. The van der Waals surface area contributed by atoms with Crippen molar-refractivity contribution < 1.29 is 14.3 Å². The minimum atomic E-state index is -0.363. The summed E-state index contributed by atoms with van der Waals surface area (Å²) in [5, 5.41) is 15.1. The molecule has 0 spiro atoms. The van der Waals surface area contributed by atoms with Gasteiger partial charge >= 0.3 is 5.97 Å². The fourth-order valence-electron chi connectivity index (χ4n) is 2.21. The standard InChI is InChI=1S/C20H20ClN3O3/c1-2-3-10-27-20(26)14-5-8-17(9-6-14)23-13-19(25)24-18-11-16(21)7-4-15(18)12-22/h4-9,11,23H,2-3,10,13H2,1H3,(H,24,25). The maximum absolute atomic E-state index is 12.1. The van der Waals surface area contributed by atoms with Crippen molar-refractivity contribution in [2.75, 3.05) is 23.8 Å². The van der Waals surface area contributed by atoms with Gasteiger partial charge in [0.15, 0.2) is 0 Å². The van der Waals surface area contributed by atoms with E-state index < -0.39 is 0 Å². The number of nitriles is 1. The summed E-state index contributed by atoms with van der Waals surface area (Å²) in [6, 6.07) is 13.3. The van der Waals surface area contributed by atoms with Gasteiger partial charge in [0.05, 0.1) is 30.0 Å². The second kappa shape index (κ2) is 10.2. The highest BCUT2D eigenvalue weighted by Crippen LogP contribution is 2.20. The molecule has 2 N–H and O–H groups in total. The van der Waals surface area contributed by atoms with Crippen LogP contribution < -0.4 is 10.6 Å². The van der Waals surface area contributed by atoms with Crippen LogP contribution in [0.2, 0.25) is 5.02 Å². The Morgan fingerprint density at radius 3 is 2.59 bits per heavy atom. The maximum Gasteiger partial charge on any atom is 0.338 e. The van der Waals surface area contributed by atoms with Crippen LogP contribution >= 0.6 is 11.6 Å². The van der Waals surface area contributed by atoms with E-state index >= 15 is 0 Å². The quantitative estimate of drug-likeness (QED) is 0.524. The number of ether oxygens (including phenoxy) is 1. The summed E-state index contributed by atoms with van der Waals surface area (Å²) >= 11 is 5.90. The Labute approximate surface area is 163 Å². The first-order chi connectivity index (χ1) is 13.0. The molecule has 1 amide bonds. The van der Waals surface area contributed by atoms with Gasteiger partial charge in [-0.25, -0.2) is 4.79 Å². The average Bonchev–Trinajstić information content (AvgIpc) is 2.67. The summed E-state index contributed by atoms with van der Waals surface area (Å²) in [7, 11) is 0. The molecule has 0 aliphatic heterocycles. The first-order valence-corrected chi connectivity index (χ1v) is 8.92. The molecule has 2 rings (SSSR count). The van der Waals surface area contributed by atoms with Crippen LogP contribution in [0.25, 0.3) is 0 Å². The Bertz CT molecular complexity index is 845. The number of carbonyl (C=O) groups excluding carboxylic acids is 2. The van der Waals surface area contributed by atoms with Gasteiger partial charge in [0, 0.05) is 10.7 Å². The number of halogens is 1. The molecule has 0 atom stereocenters. The summed E-state index contributed by atoms with van der Waals surface area (Å²) in [5.74, 6) is -0.686. The Morgan fingerprint density at radius 1 is 1.19 bits per heavy atom. The van der Waals surface area contributed by atoms with Crippen LogP contribution in [0.1, 0.15) is 35.7 Å². The Hall–Kier alpha value is -3.04. The molecule has 7 heteroatoms. The van der Waals surface area contributed by atoms with E-state index in [-0.39, 0.29) is 18.4 Å². The van der Waals surface area contributed by atoms with Crippen molar-refractivity contribution in [1.29, 1.82) is 5.26 Å². The van der Waals surface area contributed by atoms with Crippen molar-refractivity contribution in [2.45, 2.75) is 19.8 Å². The van der Waals surface area contributed by atoms with Crippen molar-refractivity contribution in [3.05, 3.63) is 58.6 Å². The smallest absolute Gasteiger partial charge is 0.338 e. The normalized spacial score (nSPS) is 9.96. The van der Waals surface area contributed by atoms with Crippen LogP contribution in [0.3, 0.4) is 0 Å². The summed E-state index contributed by atoms with van der Waals surface area (Å²) in [6.07, 6.45) is 1.80. The lowest BCUT2D eigenvalue weighted by Gasteiger charge is -2.10. The van der Waals surface area contributed by atoms with Gasteiger partial charge in [0.1, 0.15) is 6.07 Å². The summed E-state index contributed by atoms with van der Waals surface area (Å²) < 4.78 is 5.14. The minimum absolute atomic E-state index is 0.00231. The van der Waals surface area contributed by atoms with E-state index in [0.717, 1.165) is 12.8 Å². The molecule has 2 aromatic rings. The molecule has 0 aliphatic carbocycles. The zero-order valence-electron chi connectivity index (χ0n) is 14.9. The number of anilines is 2. The molecular formula is C20H20ClN3O3. The van der Waals surface area contributed by atoms with Gasteiger partial charge in [0.2, 0.25) is 5.91 Å². The number of hydrogen-bond donors (Lipinski definition) is 2. The zero-order valence-corrected chi connectivity index (χ0v) is 15.7. The molecule has 0 fully saturated rings. The van der Waals surface area contributed by atoms with E-state index in [1.165, 1.54) is 6.07 Å². The molecular weight excluding hydrogens is 366 g/mol. The van der Waals surface area contributed by atoms with E-state index in [2.05, 4.69) is 10.6 Å². The van der Waals surface area contributed by atoms with E-state index in [1.54, 1.807) is 36.4 Å². The molecule has 0 saturated carbocycles. The predicted octanol–water partition coefficient (Wildman–Crippen LogP) is 4.22. The molecule has 27 heavy (non-hydrogen) atoms. The highest BCUT2D eigenvalue weighted by molar-refractivity contribution is 6.31. The highest BCUT2D eigenvalue weighted by Gasteiger charge is 2.09. The van der Waals surface area contributed by atoms with Crippen molar-refractivity contribution in [3.63, 3.8) is 0 Å². The minimum Gasteiger partial charge on any atom is -0.462 e. The number of esters is 1.